The lowest BCUT2D eigenvalue weighted by Crippen LogP contribution is -1.98. The van der Waals surface area contributed by atoms with Gasteiger partial charge in [0.25, 0.3) is 0 Å². The summed E-state index contributed by atoms with van der Waals surface area (Å²) in [6.45, 7) is 0.194. The molecule has 0 unspecified atom stereocenters. The summed E-state index contributed by atoms with van der Waals surface area (Å²) < 4.78 is 18.4. The Morgan fingerprint density at radius 1 is 1.35 bits per heavy atom. The number of H-pyrrole nitrogens is 1. The third kappa shape index (κ3) is 1.42. The van der Waals surface area contributed by atoms with E-state index < -0.39 is 0 Å². The average molecular weight is 232 g/mol. The van der Waals surface area contributed by atoms with Gasteiger partial charge in [-0.05, 0) is 17.3 Å². The minimum Gasteiger partial charge on any atom is -0.360 e. The zero-order chi connectivity index (χ0) is 11.8. The highest BCUT2D eigenvalue weighted by Gasteiger charge is 2.17. The molecule has 0 aliphatic carbocycles. The van der Waals surface area contributed by atoms with Crippen LogP contribution in [0.15, 0.2) is 29.0 Å². The van der Waals surface area contributed by atoms with E-state index in [9.17, 15) is 4.39 Å². The summed E-state index contributed by atoms with van der Waals surface area (Å²) in [6.07, 6.45) is 1.67. The normalized spacial score (nSPS) is 11.2. The van der Waals surface area contributed by atoms with E-state index in [1.54, 1.807) is 18.3 Å². The summed E-state index contributed by atoms with van der Waals surface area (Å²) in [7, 11) is 0. The number of rotatable bonds is 2. The van der Waals surface area contributed by atoms with Gasteiger partial charge in [0.05, 0.1) is 0 Å². The molecular formula is C11H9FN4O. The molecule has 0 spiro atoms. The first-order chi connectivity index (χ1) is 8.31. The maximum Gasteiger partial charge on any atom is 0.141 e. The Kier molecular flexibility index (Phi) is 2.15. The quantitative estimate of drug-likeness (QED) is 0.706. The molecule has 0 fully saturated rings. The lowest BCUT2D eigenvalue weighted by atomic mass is 10.1. The molecule has 3 rings (SSSR count). The second kappa shape index (κ2) is 3.67. The van der Waals surface area contributed by atoms with Crippen molar-refractivity contribution in [1.82, 2.24) is 15.3 Å². The van der Waals surface area contributed by atoms with Gasteiger partial charge in [-0.2, -0.15) is 0 Å². The van der Waals surface area contributed by atoms with Gasteiger partial charge in [-0.3, -0.25) is 0 Å². The third-order valence-electron chi connectivity index (χ3n) is 2.66. The standard InChI is InChI=1S/C11H9FN4O/c12-7-2-1-3-8-10(7)6(5-14-8)11-9(4-13)15-17-16-11/h1-3,5,14H,4,13H2. The first kappa shape index (κ1) is 9.98. The van der Waals surface area contributed by atoms with Crippen molar-refractivity contribution in [2.45, 2.75) is 6.54 Å². The van der Waals surface area contributed by atoms with Crippen LogP contribution in [0.5, 0.6) is 0 Å². The summed E-state index contributed by atoms with van der Waals surface area (Å²) in [5, 5.41) is 7.92. The van der Waals surface area contributed by atoms with Crippen LogP contribution in [-0.4, -0.2) is 15.3 Å². The molecule has 0 radical (unpaired) electrons. The van der Waals surface area contributed by atoms with E-state index >= 15 is 0 Å². The Bertz CT molecular complexity index is 673. The monoisotopic (exact) mass is 232 g/mol. The minimum atomic E-state index is -0.315. The number of nitrogens with two attached hydrogens (primary N) is 1. The summed E-state index contributed by atoms with van der Waals surface area (Å²) in [4.78, 5) is 2.98. The molecule has 0 aliphatic rings. The number of fused-ring (bicyclic) bond motifs is 1. The molecule has 0 amide bonds. The second-order valence-corrected chi connectivity index (χ2v) is 3.63. The summed E-state index contributed by atoms with van der Waals surface area (Å²) in [5.41, 5.74) is 7.81. The third-order valence-corrected chi connectivity index (χ3v) is 2.66. The Hall–Kier alpha value is -2.21. The highest BCUT2D eigenvalue weighted by atomic mass is 19.1. The molecule has 3 aromatic rings. The van der Waals surface area contributed by atoms with Crippen LogP contribution in [0.3, 0.4) is 0 Å². The van der Waals surface area contributed by atoms with Crippen molar-refractivity contribution >= 4 is 10.9 Å². The molecule has 0 saturated carbocycles. The fourth-order valence-electron chi connectivity index (χ4n) is 1.87. The number of aromatic amines is 1. The predicted molar refractivity (Wildman–Crippen MR) is 59.4 cm³/mol. The van der Waals surface area contributed by atoms with Gasteiger partial charge in [-0.1, -0.05) is 11.2 Å². The van der Waals surface area contributed by atoms with Crippen LogP contribution in [0.2, 0.25) is 0 Å². The molecule has 0 saturated heterocycles. The van der Waals surface area contributed by atoms with Crippen LogP contribution in [0.25, 0.3) is 22.2 Å². The van der Waals surface area contributed by atoms with E-state index in [4.69, 9.17) is 5.73 Å². The minimum absolute atomic E-state index is 0.194. The lowest BCUT2D eigenvalue weighted by molar-refractivity contribution is 0.304. The van der Waals surface area contributed by atoms with Crippen LogP contribution >= 0.6 is 0 Å². The van der Waals surface area contributed by atoms with Crippen molar-refractivity contribution in [3.8, 4) is 11.3 Å². The maximum atomic E-state index is 13.8. The molecule has 17 heavy (non-hydrogen) atoms. The Morgan fingerprint density at radius 3 is 3.06 bits per heavy atom. The number of halogens is 1. The van der Waals surface area contributed by atoms with Crippen molar-refractivity contribution < 1.29 is 9.02 Å². The van der Waals surface area contributed by atoms with Crippen molar-refractivity contribution in [1.29, 1.82) is 0 Å². The SMILES string of the molecule is NCc1nonc1-c1c[nH]c2cccc(F)c12. The van der Waals surface area contributed by atoms with Gasteiger partial charge in [0.15, 0.2) is 0 Å². The highest BCUT2D eigenvalue weighted by Crippen LogP contribution is 2.30. The number of nitrogens with one attached hydrogen (secondary N) is 1. The number of hydrogen-bond acceptors (Lipinski definition) is 4. The summed E-state index contributed by atoms with van der Waals surface area (Å²) in [6, 6.07) is 4.83. The van der Waals surface area contributed by atoms with E-state index in [1.165, 1.54) is 6.07 Å². The Labute approximate surface area is 95.4 Å². The molecule has 2 aromatic heterocycles. The molecule has 0 atom stereocenters. The van der Waals surface area contributed by atoms with E-state index in [2.05, 4.69) is 19.9 Å². The van der Waals surface area contributed by atoms with Crippen LogP contribution in [-0.2, 0) is 6.54 Å². The highest BCUT2D eigenvalue weighted by molar-refractivity contribution is 5.95. The first-order valence-corrected chi connectivity index (χ1v) is 5.08. The zero-order valence-electron chi connectivity index (χ0n) is 8.77. The molecule has 2 heterocycles. The largest absolute Gasteiger partial charge is 0.360 e. The van der Waals surface area contributed by atoms with Crippen molar-refractivity contribution in [2.75, 3.05) is 0 Å². The molecule has 6 heteroatoms. The Morgan fingerprint density at radius 2 is 2.24 bits per heavy atom. The predicted octanol–water partition coefficient (Wildman–Crippen LogP) is 1.82. The number of nitrogens with zero attached hydrogens (tertiary/aromatic N) is 2. The summed E-state index contributed by atoms with van der Waals surface area (Å²) >= 11 is 0. The fraction of sp³-hybridized carbons (Fsp3) is 0.0909. The topological polar surface area (TPSA) is 80.7 Å². The zero-order valence-corrected chi connectivity index (χ0v) is 8.77. The van der Waals surface area contributed by atoms with Gasteiger partial charge in [0, 0.05) is 29.2 Å². The second-order valence-electron chi connectivity index (χ2n) is 3.63. The van der Waals surface area contributed by atoms with E-state index in [-0.39, 0.29) is 12.4 Å². The van der Waals surface area contributed by atoms with Crippen LogP contribution in [0.4, 0.5) is 4.39 Å². The molecule has 3 N–H and O–H groups in total. The first-order valence-electron chi connectivity index (χ1n) is 5.08. The maximum absolute atomic E-state index is 13.8. The van der Waals surface area contributed by atoms with Gasteiger partial charge in [-0.15, -0.1) is 0 Å². The van der Waals surface area contributed by atoms with Gasteiger partial charge < -0.3 is 10.7 Å². The number of benzene rings is 1. The van der Waals surface area contributed by atoms with Gasteiger partial charge in [-0.25, -0.2) is 9.02 Å². The van der Waals surface area contributed by atoms with Gasteiger partial charge in [0.1, 0.15) is 17.2 Å². The van der Waals surface area contributed by atoms with E-state index in [0.29, 0.717) is 27.9 Å². The molecular weight excluding hydrogens is 223 g/mol. The van der Waals surface area contributed by atoms with Crippen LogP contribution < -0.4 is 5.73 Å². The molecule has 5 nitrogen and oxygen atoms in total. The summed E-state index contributed by atoms with van der Waals surface area (Å²) in [5.74, 6) is -0.315. The molecule has 0 bridgehead atoms. The van der Waals surface area contributed by atoms with Crippen molar-refractivity contribution in [2.24, 2.45) is 5.73 Å². The molecule has 86 valence electrons. The van der Waals surface area contributed by atoms with Crippen molar-refractivity contribution in [3.63, 3.8) is 0 Å². The smallest absolute Gasteiger partial charge is 0.141 e. The van der Waals surface area contributed by atoms with Crippen LogP contribution in [0, 0.1) is 5.82 Å². The molecule has 0 aliphatic heterocycles. The lowest BCUT2D eigenvalue weighted by Gasteiger charge is -1.96. The van der Waals surface area contributed by atoms with E-state index in [0.717, 1.165) is 0 Å². The number of hydrogen-bond donors (Lipinski definition) is 2. The van der Waals surface area contributed by atoms with Crippen LogP contribution in [0.1, 0.15) is 5.69 Å². The van der Waals surface area contributed by atoms with Gasteiger partial charge >= 0.3 is 0 Å². The van der Waals surface area contributed by atoms with Crippen molar-refractivity contribution in [3.05, 3.63) is 35.9 Å². The molecule has 1 aromatic carbocycles. The van der Waals surface area contributed by atoms with E-state index in [1.807, 2.05) is 0 Å². The Balaban J connectivity index is 2.31. The van der Waals surface area contributed by atoms with Gasteiger partial charge in [0.2, 0.25) is 0 Å². The number of aromatic nitrogens is 3. The average Bonchev–Trinajstić information content (AvgIpc) is 2.94. The fourth-order valence-corrected chi connectivity index (χ4v) is 1.87.